The van der Waals surface area contributed by atoms with E-state index in [4.69, 9.17) is 33.9 Å². The van der Waals surface area contributed by atoms with Gasteiger partial charge in [-0.25, -0.2) is 0 Å². The molecule has 0 fully saturated rings. The number of carbonyl (C=O) groups is 2. The molecular weight excluding hydrogens is 460 g/mol. The van der Waals surface area contributed by atoms with E-state index in [2.05, 4.69) is 10.9 Å². The number of nitrogens with zero attached hydrogens (tertiary/aromatic N) is 2. The summed E-state index contributed by atoms with van der Waals surface area (Å²) in [4.78, 5) is 25.3. The van der Waals surface area contributed by atoms with Crippen molar-refractivity contribution in [3.63, 3.8) is 0 Å². The largest absolute Gasteiger partial charge is 0.497 e. The molecule has 2 amide bonds. The second kappa shape index (κ2) is 14.0. The van der Waals surface area contributed by atoms with E-state index in [1.807, 2.05) is 44.2 Å². The van der Waals surface area contributed by atoms with E-state index < -0.39 is 18.2 Å². The lowest BCUT2D eigenvalue weighted by Crippen LogP contribution is -2.47. The standard InChI is InChI=1S/C21H24N4O4S2.C2H6/c1-24(20(30)14-8-6-5-7-9-14)22-18(26)13-19(27)23-25(2)21(31)16-12-15(28-3)10-11-17(16)29-4;1-2/h5-12H,13H2,1-4H3,(H,22,26)(H,23,27);1-2H3. The highest BCUT2D eigenvalue weighted by Gasteiger charge is 2.18. The summed E-state index contributed by atoms with van der Waals surface area (Å²) in [6.45, 7) is 4.00. The minimum Gasteiger partial charge on any atom is -0.497 e. The lowest BCUT2D eigenvalue weighted by Gasteiger charge is -2.23. The molecule has 0 saturated heterocycles. The normalized spacial score (nSPS) is 9.52. The molecule has 0 aliphatic heterocycles. The Morgan fingerprint density at radius 3 is 1.91 bits per heavy atom. The predicted octanol–water partition coefficient (Wildman–Crippen LogP) is 3.10. The van der Waals surface area contributed by atoms with Gasteiger partial charge in [0.05, 0.1) is 19.8 Å². The Morgan fingerprint density at radius 1 is 0.848 bits per heavy atom. The monoisotopic (exact) mass is 490 g/mol. The maximum Gasteiger partial charge on any atom is 0.248 e. The van der Waals surface area contributed by atoms with Crippen molar-refractivity contribution in [2.75, 3.05) is 28.3 Å². The summed E-state index contributed by atoms with van der Waals surface area (Å²) in [5.41, 5.74) is 6.50. The van der Waals surface area contributed by atoms with E-state index in [0.717, 1.165) is 5.56 Å². The van der Waals surface area contributed by atoms with Crippen LogP contribution < -0.4 is 20.3 Å². The molecule has 0 saturated carbocycles. The zero-order valence-corrected chi connectivity index (χ0v) is 21.3. The Hall–Kier alpha value is -3.24. The lowest BCUT2D eigenvalue weighted by atomic mass is 10.2. The summed E-state index contributed by atoms with van der Waals surface area (Å²) in [6, 6.07) is 14.4. The number of ether oxygens (including phenoxy) is 2. The SMILES string of the molecule is CC.COc1ccc(OC)c(C(=S)N(C)NC(=O)CC(=O)NN(C)C(=S)c2ccccc2)c1. The van der Waals surface area contributed by atoms with Crippen LogP contribution in [-0.4, -0.2) is 60.1 Å². The number of hydrogen-bond acceptors (Lipinski definition) is 6. The summed E-state index contributed by atoms with van der Waals surface area (Å²) in [6.07, 6.45) is -0.413. The third-order valence-corrected chi connectivity index (χ3v) is 5.18. The highest BCUT2D eigenvalue weighted by atomic mass is 32.1. The average Bonchev–Trinajstić information content (AvgIpc) is 2.84. The summed E-state index contributed by atoms with van der Waals surface area (Å²) < 4.78 is 10.5. The summed E-state index contributed by atoms with van der Waals surface area (Å²) >= 11 is 10.8. The first-order valence-electron chi connectivity index (χ1n) is 10.2. The Kier molecular flexibility index (Phi) is 11.8. The highest BCUT2D eigenvalue weighted by molar-refractivity contribution is 7.80. The van der Waals surface area contributed by atoms with E-state index in [-0.39, 0.29) is 0 Å². The minimum atomic E-state index is -0.539. The van der Waals surface area contributed by atoms with E-state index in [0.29, 0.717) is 27.0 Å². The number of rotatable bonds is 6. The Bertz CT molecular complexity index is 970. The first-order valence-corrected chi connectivity index (χ1v) is 11.0. The molecule has 2 rings (SSSR count). The van der Waals surface area contributed by atoms with Gasteiger partial charge in [0.25, 0.3) is 0 Å². The van der Waals surface area contributed by atoms with Crippen molar-refractivity contribution in [3.05, 3.63) is 59.7 Å². The third-order valence-electron chi connectivity index (χ3n) is 4.17. The molecule has 2 aromatic rings. The molecule has 2 aromatic carbocycles. The molecule has 8 nitrogen and oxygen atoms in total. The van der Waals surface area contributed by atoms with Crippen molar-refractivity contribution < 1.29 is 19.1 Å². The van der Waals surface area contributed by atoms with Gasteiger partial charge in [-0.3, -0.25) is 30.5 Å². The second-order valence-electron chi connectivity index (χ2n) is 6.41. The smallest absolute Gasteiger partial charge is 0.248 e. The van der Waals surface area contributed by atoms with E-state index in [1.165, 1.54) is 17.1 Å². The van der Waals surface area contributed by atoms with Crippen LogP contribution in [-0.2, 0) is 9.59 Å². The zero-order valence-electron chi connectivity index (χ0n) is 19.7. The van der Waals surface area contributed by atoms with Gasteiger partial charge in [0, 0.05) is 19.7 Å². The van der Waals surface area contributed by atoms with Crippen molar-refractivity contribution in [1.82, 2.24) is 20.9 Å². The fraction of sp³-hybridized carbons (Fsp3) is 0.304. The maximum absolute atomic E-state index is 12.3. The van der Waals surface area contributed by atoms with Crippen LogP contribution in [0.3, 0.4) is 0 Å². The van der Waals surface area contributed by atoms with Crippen LogP contribution in [0.5, 0.6) is 11.5 Å². The van der Waals surface area contributed by atoms with Crippen molar-refractivity contribution in [2.24, 2.45) is 0 Å². The fourth-order valence-electron chi connectivity index (χ4n) is 2.64. The minimum absolute atomic E-state index is 0.298. The van der Waals surface area contributed by atoms with Gasteiger partial charge in [-0.2, -0.15) is 0 Å². The van der Waals surface area contributed by atoms with Gasteiger partial charge >= 0.3 is 0 Å². The predicted molar refractivity (Wildman–Crippen MR) is 137 cm³/mol. The molecule has 0 aliphatic carbocycles. The van der Waals surface area contributed by atoms with Crippen molar-refractivity contribution >= 4 is 46.2 Å². The molecule has 10 heteroatoms. The molecular formula is C23H30N4O4S2. The van der Waals surface area contributed by atoms with E-state index in [1.54, 1.807) is 39.4 Å². The van der Waals surface area contributed by atoms with E-state index >= 15 is 0 Å². The molecule has 0 aromatic heterocycles. The van der Waals surface area contributed by atoms with Crippen LogP contribution in [0.2, 0.25) is 0 Å². The van der Waals surface area contributed by atoms with Crippen LogP contribution in [0.4, 0.5) is 0 Å². The van der Waals surface area contributed by atoms with Gasteiger partial charge in [0.2, 0.25) is 11.8 Å². The van der Waals surface area contributed by atoms with Crippen LogP contribution in [0, 0.1) is 0 Å². The van der Waals surface area contributed by atoms with Gasteiger partial charge in [0.15, 0.2) is 0 Å². The van der Waals surface area contributed by atoms with Crippen LogP contribution in [0.1, 0.15) is 31.4 Å². The molecule has 0 aliphatic rings. The number of hydrogen-bond donors (Lipinski definition) is 2. The van der Waals surface area contributed by atoms with Crippen LogP contribution in [0.15, 0.2) is 48.5 Å². The summed E-state index contributed by atoms with van der Waals surface area (Å²) in [7, 11) is 6.25. The zero-order chi connectivity index (χ0) is 25.0. The Labute approximate surface area is 205 Å². The number of carbonyl (C=O) groups excluding carboxylic acids is 2. The first kappa shape index (κ1) is 27.8. The fourth-order valence-corrected chi connectivity index (χ4v) is 3.02. The van der Waals surface area contributed by atoms with Gasteiger partial charge in [0.1, 0.15) is 27.9 Å². The number of amides is 2. The summed E-state index contributed by atoms with van der Waals surface area (Å²) in [5, 5.41) is 2.75. The molecule has 0 radical (unpaired) electrons. The number of benzene rings is 2. The lowest BCUT2D eigenvalue weighted by molar-refractivity contribution is -0.132. The molecule has 0 unspecified atom stereocenters. The van der Waals surface area contributed by atoms with Gasteiger partial charge in [-0.15, -0.1) is 0 Å². The number of hydrazine groups is 2. The highest BCUT2D eigenvalue weighted by Crippen LogP contribution is 2.25. The number of nitrogens with one attached hydrogen (secondary N) is 2. The van der Waals surface area contributed by atoms with Crippen molar-refractivity contribution in [1.29, 1.82) is 0 Å². The van der Waals surface area contributed by atoms with Crippen molar-refractivity contribution in [2.45, 2.75) is 20.3 Å². The number of thiocarbonyl (C=S) groups is 2. The Morgan fingerprint density at radius 2 is 1.39 bits per heavy atom. The molecule has 0 atom stereocenters. The molecule has 2 N–H and O–H groups in total. The van der Waals surface area contributed by atoms with Crippen LogP contribution >= 0.6 is 24.4 Å². The molecule has 178 valence electrons. The first-order chi connectivity index (χ1) is 15.8. The van der Waals surface area contributed by atoms with Gasteiger partial charge in [-0.1, -0.05) is 68.6 Å². The topological polar surface area (TPSA) is 83.1 Å². The Balaban J connectivity index is 0.00000265. The van der Waals surface area contributed by atoms with Gasteiger partial charge in [-0.05, 0) is 18.2 Å². The summed E-state index contributed by atoms with van der Waals surface area (Å²) in [5.74, 6) is 0.0650. The maximum atomic E-state index is 12.3. The molecule has 0 heterocycles. The van der Waals surface area contributed by atoms with Crippen LogP contribution in [0.25, 0.3) is 0 Å². The van der Waals surface area contributed by atoms with Crippen molar-refractivity contribution in [3.8, 4) is 11.5 Å². The van der Waals surface area contributed by atoms with E-state index in [9.17, 15) is 9.59 Å². The number of methoxy groups -OCH3 is 2. The average molecular weight is 491 g/mol. The molecule has 0 bridgehead atoms. The second-order valence-corrected chi connectivity index (χ2v) is 7.18. The van der Waals surface area contributed by atoms with Gasteiger partial charge < -0.3 is 9.47 Å². The molecule has 33 heavy (non-hydrogen) atoms. The quantitative estimate of drug-likeness (QED) is 0.363. The third kappa shape index (κ3) is 8.32. The molecule has 0 spiro atoms.